The number of hydrogen-bond donors (Lipinski definition) is 8. The standard InChI is InChI=1S/C31H40ClN3O13/c1-11-26(46-7)28(2,34-44)10-15(47-11)48-29(3)12-9-30(42)23(35(4)5)22(38)18(27(33)41)25(40)31(30,43)24(39)16(12)21(37)17-13(36)8-14(45-6)20(32)19(17)29/h8,11-12,15,23,26,34,36-37,40,42-44H,9-10H2,1-7H3,(H2,33,41)/t11-,12?,15-,23+,26-,28-,29+,30+,31-/m0/s1. The molecular formula is C31H40ClN3O13. The van der Waals surface area contributed by atoms with Gasteiger partial charge < -0.3 is 55.4 Å². The summed E-state index contributed by atoms with van der Waals surface area (Å²) in [5, 5.41) is 68.6. The van der Waals surface area contributed by atoms with Gasteiger partial charge in [0.05, 0.1) is 29.3 Å². The van der Waals surface area contributed by atoms with Gasteiger partial charge in [-0.25, -0.2) is 0 Å². The smallest absolute Gasteiger partial charge is 0.255 e. The van der Waals surface area contributed by atoms with Crippen molar-refractivity contribution >= 4 is 34.8 Å². The van der Waals surface area contributed by atoms with Crippen molar-refractivity contribution in [2.24, 2.45) is 11.7 Å². The molecule has 0 aromatic heterocycles. The number of fused-ring (bicyclic) bond motifs is 3. The number of aliphatic hydroxyl groups excluding tert-OH is 2. The van der Waals surface area contributed by atoms with Gasteiger partial charge in [-0.2, -0.15) is 5.48 Å². The number of aliphatic hydroxyl groups is 4. The van der Waals surface area contributed by atoms with Crippen molar-refractivity contribution in [1.29, 1.82) is 0 Å². The number of phenolic OH excluding ortho intramolecular Hbond substituents is 1. The van der Waals surface area contributed by atoms with Gasteiger partial charge in [-0.1, -0.05) is 11.6 Å². The Morgan fingerprint density at radius 2 is 1.77 bits per heavy atom. The third-order valence-corrected chi connectivity index (χ3v) is 10.7. The van der Waals surface area contributed by atoms with Crippen LogP contribution < -0.4 is 16.0 Å². The number of ketones is 2. The van der Waals surface area contributed by atoms with Gasteiger partial charge in [0, 0.05) is 36.7 Å². The van der Waals surface area contributed by atoms with Crippen molar-refractivity contribution in [2.75, 3.05) is 28.3 Å². The van der Waals surface area contributed by atoms with Crippen LogP contribution in [0.4, 0.5) is 0 Å². The summed E-state index contributed by atoms with van der Waals surface area (Å²) in [5.74, 6) is -8.67. The molecule has 9 atom stereocenters. The summed E-state index contributed by atoms with van der Waals surface area (Å²) < 4.78 is 23.7. The number of amides is 1. The molecule has 5 rings (SSSR count). The van der Waals surface area contributed by atoms with Crippen LogP contribution in [0.1, 0.15) is 44.7 Å². The van der Waals surface area contributed by atoms with Gasteiger partial charge in [-0.15, -0.1) is 0 Å². The van der Waals surface area contributed by atoms with Gasteiger partial charge in [-0.3, -0.25) is 19.3 Å². The molecule has 17 heteroatoms. The number of Topliss-reactive ketones (excluding diaryl/α,β-unsaturated/α-hetero) is 2. The van der Waals surface area contributed by atoms with E-state index in [9.17, 15) is 45.1 Å². The summed E-state index contributed by atoms with van der Waals surface area (Å²) in [6.45, 7) is 4.76. The minimum Gasteiger partial charge on any atom is -0.508 e. The normalized spacial score (nSPS) is 38.1. The average molecular weight is 698 g/mol. The highest BCUT2D eigenvalue weighted by Gasteiger charge is 2.74. The Morgan fingerprint density at radius 3 is 2.29 bits per heavy atom. The Bertz CT molecular complexity index is 1660. The number of halogens is 1. The zero-order valence-corrected chi connectivity index (χ0v) is 28.1. The number of benzene rings is 1. The molecule has 16 nitrogen and oxygen atoms in total. The molecule has 264 valence electrons. The highest BCUT2D eigenvalue weighted by molar-refractivity contribution is 6.33. The van der Waals surface area contributed by atoms with Crippen molar-refractivity contribution in [2.45, 2.75) is 80.5 Å². The van der Waals surface area contributed by atoms with Crippen molar-refractivity contribution in [1.82, 2.24) is 10.4 Å². The number of likely N-dealkylation sites (N-methyl/N-ethyl adjacent to an activating group) is 1. The van der Waals surface area contributed by atoms with Crippen LogP contribution in [0, 0.1) is 5.92 Å². The van der Waals surface area contributed by atoms with Crippen LogP contribution in [0.5, 0.6) is 11.5 Å². The van der Waals surface area contributed by atoms with Crippen LogP contribution in [-0.4, -0.2) is 123 Å². The fourth-order valence-corrected chi connectivity index (χ4v) is 8.61. The first-order valence-electron chi connectivity index (χ1n) is 15.0. The zero-order chi connectivity index (χ0) is 36.0. The lowest BCUT2D eigenvalue weighted by Crippen LogP contribution is -2.77. The number of methoxy groups -OCH3 is 2. The lowest BCUT2D eigenvalue weighted by atomic mass is 9.52. The zero-order valence-electron chi connectivity index (χ0n) is 27.3. The number of hydrogen-bond acceptors (Lipinski definition) is 15. The van der Waals surface area contributed by atoms with E-state index in [1.807, 2.05) is 0 Å². The van der Waals surface area contributed by atoms with E-state index in [4.69, 9.17) is 36.3 Å². The molecule has 1 heterocycles. The third kappa shape index (κ3) is 4.55. The van der Waals surface area contributed by atoms with Gasteiger partial charge in [0.1, 0.15) is 46.2 Å². The second-order valence-corrected chi connectivity index (χ2v) is 13.7. The van der Waals surface area contributed by atoms with Crippen LogP contribution in [-0.2, 0) is 34.2 Å². The van der Waals surface area contributed by atoms with E-state index >= 15 is 0 Å². The molecule has 0 radical (unpaired) electrons. The molecule has 2 fully saturated rings. The molecule has 3 aliphatic carbocycles. The van der Waals surface area contributed by atoms with Crippen LogP contribution >= 0.6 is 11.6 Å². The number of phenols is 1. The minimum atomic E-state index is -3.38. The van der Waals surface area contributed by atoms with Gasteiger partial charge >= 0.3 is 0 Å². The lowest BCUT2D eigenvalue weighted by Gasteiger charge is -2.58. The van der Waals surface area contributed by atoms with Crippen LogP contribution in [0.3, 0.4) is 0 Å². The van der Waals surface area contributed by atoms with E-state index in [1.165, 1.54) is 35.2 Å². The molecule has 1 aliphatic heterocycles. The minimum absolute atomic E-state index is 0.0544. The Balaban J connectivity index is 1.82. The highest BCUT2D eigenvalue weighted by Crippen LogP contribution is 2.62. The Labute approximate surface area is 280 Å². The van der Waals surface area contributed by atoms with Crippen molar-refractivity contribution in [3.8, 4) is 11.5 Å². The number of rotatable bonds is 7. The lowest BCUT2D eigenvalue weighted by molar-refractivity contribution is -0.300. The van der Waals surface area contributed by atoms with E-state index in [2.05, 4.69) is 5.48 Å². The number of ether oxygens (including phenoxy) is 4. The monoisotopic (exact) mass is 697 g/mol. The van der Waals surface area contributed by atoms with Crippen LogP contribution in [0.2, 0.25) is 5.02 Å². The summed E-state index contributed by atoms with van der Waals surface area (Å²) in [6, 6.07) is -0.750. The van der Waals surface area contributed by atoms with Crippen LogP contribution in [0.25, 0.3) is 5.76 Å². The van der Waals surface area contributed by atoms with E-state index in [0.29, 0.717) is 0 Å². The quantitative estimate of drug-likeness (QED) is 0.141. The summed E-state index contributed by atoms with van der Waals surface area (Å²) in [5.41, 5.74) is -3.96. The average Bonchev–Trinajstić information content (AvgIpc) is 2.98. The maximum absolute atomic E-state index is 14.6. The van der Waals surface area contributed by atoms with E-state index in [0.717, 1.165) is 11.0 Å². The maximum atomic E-state index is 14.6. The maximum Gasteiger partial charge on any atom is 0.255 e. The second-order valence-electron chi connectivity index (χ2n) is 13.3. The first-order valence-corrected chi connectivity index (χ1v) is 15.3. The van der Waals surface area contributed by atoms with Crippen molar-refractivity contribution in [3.63, 3.8) is 0 Å². The van der Waals surface area contributed by atoms with Gasteiger partial charge in [0.25, 0.3) is 5.91 Å². The molecule has 1 saturated carbocycles. The van der Waals surface area contributed by atoms with Crippen LogP contribution in [0.15, 0.2) is 23.0 Å². The third-order valence-electron chi connectivity index (χ3n) is 10.3. The summed E-state index contributed by atoms with van der Waals surface area (Å²) in [7, 11) is 5.39. The van der Waals surface area contributed by atoms with Gasteiger partial charge in [0.15, 0.2) is 17.8 Å². The first kappa shape index (κ1) is 36.0. The van der Waals surface area contributed by atoms with E-state index < -0.39 is 111 Å². The molecule has 1 aromatic carbocycles. The van der Waals surface area contributed by atoms with Crippen molar-refractivity contribution < 1.29 is 64.1 Å². The highest BCUT2D eigenvalue weighted by atomic mass is 35.5. The molecular weight excluding hydrogens is 658 g/mol. The molecule has 0 spiro atoms. The number of primary amides is 1. The Kier molecular flexibility index (Phi) is 8.72. The van der Waals surface area contributed by atoms with Gasteiger partial charge in [0.2, 0.25) is 11.4 Å². The molecule has 0 bridgehead atoms. The summed E-state index contributed by atoms with van der Waals surface area (Å²) in [4.78, 5) is 41.8. The molecule has 48 heavy (non-hydrogen) atoms. The summed E-state index contributed by atoms with van der Waals surface area (Å²) >= 11 is 6.85. The largest absolute Gasteiger partial charge is 0.508 e. The Hall–Kier alpha value is -3.32. The molecule has 9 N–H and O–H groups in total. The second kappa shape index (κ2) is 11.6. The number of nitrogens with two attached hydrogens (primary N) is 1. The Morgan fingerprint density at radius 1 is 1.15 bits per heavy atom. The predicted octanol–water partition coefficient (Wildman–Crippen LogP) is 0.318. The molecule has 1 saturated heterocycles. The number of nitrogens with one attached hydrogen (secondary N) is 1. The molecule has 4 aliphatic rings. The number of hydroxylamine groups is 1. The van der Waals surface area contributed by atoms with E-state index in [-0.39, 0.29) is 22.8 Å². The van der Waals surface area contributed by atoms with Crippen molar-refractivity contribution in [3.05, 3.63) is 39.1 Å². The fraction of sp³-hybridized carbons (Fsp3) is 0.581. The predicted molar refractivity (Wildman–Crippen MR) is 165 cm³/mol. The number of carbonyl (C=O) groups is 3. The number of carbonyl (C=O) groups excluding carboxylic acids is 3. The number of nitrogens with zero attached hydrogens (tertiary/aromatic N) is 1. The first-order chi connectivity index (χ1) is 22.2. The molecule has 1 amide bonds. The topological polar surface area (TPSA) is 251 Å². The van der Waals surface area contributed by atoms with Gasteiger partial charge in [-0.05, 0) is 41.3 Å². The number of aromatic hydroxyl groups is 1. The SMILES string of the molecule is COc1cc(O)c2c(c1Cl)[C@](C)(O[C@H]1C[C@](C)(NO)[C@@H](OC)[C@H](C)O1)C1C[C@@]3(O)[C@H](N(C)C)C(=O)C(C(N)=O)=C(O)[C@@]3(O)C(=O)C1=C2O. The van der Waals surface area contributed by atoms with E-state index in [1.54, 1.807) is 13.8 Å². The molecule has 1 aromatic rings. The fourth-order valence-electron chi connectivity index (χ4n) is 8.19. The summed E-state index contributed by atoms with van der Waals surface area (Å²) in [6.07, 6.45) is -3.45. The molecule has 1 unspecified atom stereocenters.